The van der Waals surface area contributed by atoms with Crippen molar-refractivity contribution in [3.8, 4) is 0 Å². The molecule has 0 amide bonds. The maximum atomic E-state index is 13.9. The SMILES string of the molecule is CC[C@H]1OC(=O)[C@H](C)[C@@H](O[C@H]2C[C@@](C)(OC)[C@@H](O)[C@H](C)O2)[C@H](C)[C@@H](C)[C@](C)(O)C[C@@H](C)C(=NO[C@@H]2CCCNC2)[C@H](C)[C@@H](O)[C@]1(C)O. The van der Waals surface area contributed by atoms with E-state index in [0.29, 0.717) is 12.3 Å². The minimum atomic E-state index is -1.84. The largest absolute Gasteiger partial charge is 0.459 e. The molecular formula is C35H64N2O10. The molecule has 3 aliphatic heterocycles. The number of hydrogen-bond donors (Lipinski definition) is 5. The zero-order valence-corrected chi connectivity index (χ0v) is 30.6. The van der Waals surface area contributed by atoms with E-state index in [4.69, 9.17) is 23.8 Å². The first-order chi connectivity index (χ1) is 21.8. The zero-order valence-electron chi connectivity index (χ0n) is 30.6. The molecule has 0 spiro atoms. The first kappa shape index (κ1) is 40.1. The average Bonchev–Trinajstić information content (AvgIpc) is 3.03. The Labute approximate surface area is 281 Å². The highest BCUT2D eigenvalue weighted by Crippen LogP contribution is 2.40. The van der Waals surface area contributed by atoms with Crippen LogP contribution in [0.25, 0.3) is 0 Å². The molecule has 12 heteroatoms. The molecular weight excluding hydrogens is 608 g/mol. The van der Waals surface area contributed by atoms with Gasteiger partial charge < -0.3 is 49.5 Å². The zero-order chi connectivity index (χ0) is 35.5. The van der Waals surface area contributed by atoms with Crippen molar-refractivity contribution in [3.05, 3.63) is 0 Å². The van der Waals surface area contributed by atoms with Crippen LogP contribution in [0.3, 0.4) is 0 Å². The minimum absolute atomic E-state index is 0.129. The second kappa shape index (κ2) is 16.1. The summed E-state index contributed by atoms with van der Waals surface area (Å²) in [5.41, 5.74) is -3.52. The summed E-state index contributed by atoms with van der Waals surface area (Å²) in [6, 6.07) is 0. The molecule has 5 N–H and O–H groups in total. The van der Waals surface area contributed by atoms with Gasteiger partial charge in [0.15, 0.2) is 6.29 Å². The van der Waals surface area contributed by atoms with E-state index in [0.717, 1.165) is 19.4 Å². The monoisotopic (exact) mass is 672 g/mol. The number of methoxy groups -OCH3 is 1. The summed E-state index contributed by atoms with van der Waals surface area (Å²) in [5, 5.41) is 54.2. The lowest BCUT2D eigenvalue weighted by atomic mass is 9.70. The lowest BCUT2D eigenvalue weighted by molar-refractivity contribution is -0.298. The van der Waals surface area contributed by atoms with E-state index in [1.54, 1.807) is 41.5 Å². The number of piperidine rings is 1. The van der Waals surface area contributed by atoms with Gasteiger partial charge in [0.25, 0.3) is 0 Å². The van der Waals surface area contributed by atoms with E-state index in [1.165, 1.54) is 14.0 Å². The van der Waals surface area contributed by atoms with Crippen molar-refractivity contribution < 1.29 is 49.0 Å². The van der Waals surface area contributed by atoms with Gasteiger partial charge in [-0.15, -0.1) is 0 Å². The predicted octanol–water partition coefficient (Wildman–Crippen LogP) is 3.17. The first-order valence-corrected chi connectivity index (χ1v) is 17.6. The third-order valence-electron chi connectivity index (χ3n) is 11.5. The van der Waals surface area contributed by atoms with Gasteiger partial charge in [-0.2, -0.15) is 0 Å². The third kappa shape index (κ3) is 9.05. The fourth-order valence-corrected chi connectivity index (χ4v) is 7.75. The highest BCUT2D eigenvalue weighted by Gasteiger charge is 2.51. The van der Waals surface area contributed by atoms with Crippen LogP contribution >= 0.6 is 0 Å². The molecule has 0 unspecified atom stereocenters. The number of carbonyl (C=O) groups is 1. The number of nitrogens with zero attached hydrogens (tertiary/aromatic N) is 1. The van der Waals surface area contributed by atoms with E-state index < -0.39 is 71.4 Å². The second-order valence-corrected chi connectivity index (χ2v) is 15.3. The van der Waals surface area contributed by atoms with Gasteiger partial charge in [-0.25, -0.2) is 0 Å². The lowest BCUT2D eigenvalue weighted by Gasteiger charge is -2.47. The Bertz CT molecular complexity index is 1050. The highest BCUT2D eigenvalue weighted by atomic mass is 16.7. The first-order valence-electron chi connectivity index (χ1n) is 17.6. The summed E-state index contributed by atoms with van der Waals surface area (Å²) in [6.07, 6.45) is -3.05. The van der Waals surface area contributed by atoms with E-state index in [-0.39, 0.29) is 43.1 Å². The molecule has 0 aromatic carbocycles. The number of cyclic esters (lactones) is 1. The number of aliphatic hydroxyl groups excluding tert-OH is 2. The number of carbonyl (C=O) groups excluding carboxylic acids is 1. The Morgan fingerprint density at radius 2 is 1.66 bits per heavy atom. The number of rotatable bonds is 6. The van der Waals surface area contributed by atoms with E-state index in [2.05, 4.69) is 10.5 Å². The number of ether oxygens (including phenoxy) is 4. The summed E-state index contributed by atoms with van der Waals surface area (Å²) in [7, 11) is 1.53. The summed E-state index contributed by atoms with van der Waals surface area (Å²) in [6.45, 7) is 19.5. The second-order valence-electron chi connectivity index (χ2n) is 15.3. The maximum absolute atomic E-state index is 13.9. The molecule has 0 saturated carbocycles. The standard InChI is InChI=1S/C35H64N2O10/c1-12-26-35(10,42)30(38)21(4)28(37-47-25-14-13-15-36-18-25)19(2)16-33(8,41)23(6)20(3)29(22(5)32(40)45-26)46-27-17-34(9,43-11)31(39)24(7)44-27/h19-27,29-31,36,38-39,41-42H,12-18H2,1-11H3/t19-,20-,21+,22-,23-,24+,25-,26-,27+,29+,30-,31+,33-,34-,35-/m1/s1. The Balaban J connectivity index is 2.04. The smallest absolute Gasteiger partial charge is 0.311 e. The van der Waals surface area contributed by atoms with Crippen LogP contribution in [0.1, 0.15) is 101 Å². The fraction of sp³-hybridized carbons (Fsp3) is 0.943. The van der Waals surface area contributed by atoms with Gasteiger partial charge in [-0.3, -0.25) is 4.79 Å². The van der Waals surface area contributed by atoms with Crippen LogP contribution in [0.15, 0.2) is 5.16 Å². The van der Waals surface area contributed by atoms with Crippen molar-refractivity contribution in [1.82, 2.24) is 5.32 Å². The Morgan fingerprint density at radius 3 is 2.23 bits per heavy atom. The molecule has 3 heterocycles. The number of nitrogens with one attached hydrogen (secondary N) is 1. The molecule has 0 bridgehead atoms. The van der Waals surface area contributed by atoms with E-state index >= 15 is 0 Å². The quantitative estimate of drug-likeness (QED) is 0.208. The van der Waals surface area contributed by atoms with Crippen molar-refractivity contribution in [2.75, 3.05) is 20.2 Å². The molecule has 3 fully saturated rings. The van der Waals surface area contributed by atoms with Gasteiger partial charge in [0.2, 0.25) is 0 Å². The molecule has 0 aromatic rings. The Hall–Kier alpha value is -1.38. The van der Waals surface area contributed by atoms with Crippen LogP contribution in [0.2, 0.25) is 0 Å². The van der Waals surface area contributed by atoms with E-state index in [1.807, 2.05) is 20.8 Å². The minimum Gasteiger partial charge on any atom is -0.459 e. The van der Waals surface area contributed by atoms with E-state index in [9.17, 15) is 25.2 Å². The van der Waals surface area contributed by atoms with Crippen molar-refractivity contribution in [2.45, 2.75) is 161 Å². The fourth-order valence-electron chi connectivity index (χ4n) is 7.75. The molecule has 0 aliphatic carbocycles. The van der Waals surface area contributed by atoms with Crippen LogP contribution < -0.4 is 5.32 Å². The molecule has 47 heavy (non-hydrogen) atoms. The van der Waals surface area contributed by atoms with Crippen molar-refractivity contribution in [3.63, 3.8) is 0 Å². The van der Waals surface area contributed by atoms with Gasteiger partial charge in [-0.05, 0) is 78.7 Å². The Morgan fingerprint density at radius 1 is 1.00 bits per heavy atom. The summed E-state index contributed by atoms with van der Waals surface area (Å²) < 4.78 is 24.3. The van der Waals surface area contributed by atoms with Gasteiger partial charge in [0.05, 0.1) is 41.1 Å². The Kier molecular flexibility index (Phi) is 13.7. The van der Waals surface area contributed by atoms with Gasteiger partial charge in [-0.1, -0.05) is 39.8 Å². The topological polar surface area (TPSA) is 169 Å². The normalized spacial score (nSPS) is 48.8. The number of esters is 1. The molecule has 3 saturated heterocycles. The summed E-state index contributed by atoms with van der Waals surface area (Å²) >= 11 is 0. The van der Waals surface area contributed by atoms with Crippen LogP contribution in [-0.4, -0.2) is 112 Å². The number of oxime groups is 1. The van der Waals surface area contributed by atoms with Gasteiger partial charge in [0.1, 0.15) is 23.9 Å². The number of aliphatic hydroxyl groups is 4. The summed E-state index contributed by atoms with van der Waals surface area (Å²) in [4.78, 5) is 19.9. The predicted molar refractivity (Wildman–Crippen MR) is 178 cm³/mol. The van der Waals surface area contributed by atoms with Crippen molar-refractivity contribution in [1.29, 1.82) is 0 Å². The molecule has 274 valence electrons. The van der Waals surface area contributed by atoms with Crippen molar-refractivity contribution >= 4 is 11.7 Å². The molecule has 15 atom stereocenters. The number of hydrogen-bond acceptors (Lipinski definition) is 12. The van der Waals surface area contributed by atoms with Crippen LogP contribution in [0, 0.1) is 29.6 Å². The van der Waals surface area contributed by atoms with Gasteiger partial charge in [0, 0.05) is 31.9 Å². The highest BCUT2D eigenvalue weighted by molar-refractivity contribution is 5.88. The third-order valence-corrected chi connectivity index (χ3v) is 11.5. The molecule has 3 aliphatic rings. The average molecular weight is 673 g/mol. The molecule has 12 nitrogen and oxygen atoms in total. The summed E-state index contributed by atoms with van der Waals surface area (Å²) in [5.74, 6) is -3.23. The molecule has 0 radical (unpaired) electrons. The molecule has 3 rings (SSSR count). The van der Waals surface area contributed by atoms with Gasteiger partial charge >= 0.3 is 5.97 Å². The van der Waals surface area contributed by atoms with Crippen molar-refractivity contribution in [2.24, 2.45) is 34.7 Å². The van der Waals surface area contributed by atoms with Crippen LogP contribution in [-0.2, 0) is 28.6 Å². The molecule has 0 aromatic heterocycles. The van der Waals surface area contributed by atoms with Crippen LogP contribution in [0.5, 0.6) is 0 Å². The van der Waals surface area contributed by atoms with Crippen LogP contribution in [0.4, 0.5) is 0 Å². The lowest BCUT2D eigenvalue weighted by Crippen LogP contribution is -2.58. The maximum Gasteiger partial charge on any atom is 0.311 e.